The topological polar surface area (TPSA) is 28.2 Å². The maximum Gasteiger partial charge on any atom is 0.0442 e. The molecule has 0 radical (unpaired) electrons. The first-order valence-electron chi connectivity index (χ1n) is 7.78. The van der Waals surface area contributed by atoms with Gasteiger partial charge in [-0.25, -0.2) is 0 Å². The van der Waals surface area contributed by atoms with E-state index in [4.69, 9.17) is 0 Å². The summed E-state index contributed by atoms with van der Waals surface area (Å²) < 4.78 is 0. The van der Waals surface area contributed by atoms with Gasteiger partial charge < -0.3 is 10.2 Å². The van der Waals surface area contributed by atoms with E-state index in [0.717, 1.165) is 25.0 Å². The highest BCUT2D eigenvalue weighted by molar-refractivity contribution is 5.52. The lowest BCUT2D eigenvalue weighted by molar-refractivity contribution is 0.318. The average Bonchev–Trinajstić information content (AvgIpc) is 3.20. The van der Waals surface area contributed by atoms with Crippen LogP contribution in [0.1, 0.15) is 44.6 Å². The molecule has 0 atom stereocenters. The maximum absolute atomic E-state index is 4.31. The number of hydrogen-bond acceptors (Lipinski definition) is 3. The van der Waals surface area contributed by atoms with E-state index < -0.39 is 0 Å². The van der Waals surface area contributed by atoms with E-state index in [1.54, 1.807) is 0 Å². The minimum absolute atomic E-state index is 0.759. The van der Waals surface area contributed by atoms with Gasteiger partial charge in [-0.2, -0.15) is 0 Å². The first-order valence-corrected chi connectivity index (χ1v) is 7.78. The van der Waals surface area contributed by atoms with Gasteiger partial charge in [-0.05, 0) is 44.6 Å². The molecule has 0 aliphatic heterocycles. The van der Waals surface area contributed by atoms with Gasteiger partial charge >= 0.3 is 0 Å². The second-order valence-electron chi connectivity index (χ2n) is 6.00. The Morgan fingerprint density at radius 3 is 2.79 bits per heavy atom. The standard InChI is InChI=1S/C16H25N3/c1-2-19(12-13-4-3-5-13)16-8-9-17-10-14(16)11-18-15-6-7-15/h8-10,13,15,18H,2-7,11-12H2,1H3. The molecule has 1 N–H and O–H groups in total. The van der Waals surface area contributed by atoms with Crippen LogP contribution in [0.2, 0.25) is 0 Å². The van der Waals surface area contributed by atoms with E-state index in [1.165, 1.54) is 49.9 Å². The second kappa shape index (κ2) is 5.91. The Hall–Kier alpha value is -1.09. The second-order valence-corrected chi connectivity index (χ2v) is 6.00. The van der Waals surface area contributed by atoms with E-state index in [2.05, 4.69) is 28.2 Å². The molecule has 0 spiro atoms. The minimum atomic E-state index is 0.759. The van der Waals surface area contributed by atoms with Crippen LogP contribution in [0.15, 0.2) is 18.5 Å². The van der Waals surface area contributed by atoms with Gasteiger partial charge in [-0.1, -0.05) is 6.42 Å². The molecule has 2 aliphatic rings. The van der Waals surface area contributed by atoms with Gasteiger partial charge in [-0.15, -0.1) is 0 Å². The lowest BCUT2D eigenvalue weighted by Gasteiger charge is -2.34. The molecule has 19 heavy (non-hydrogen) atoms. The summed E-state index contributed by atoms with van der Waals surface area (Å²) in [6.07, 6.45) is 10.9. The first-order chi connectivity index (χ1) is 9.36. The number of anilines is 1. The molecule has 3 nitrogen and oxygen atoms in total. The average molecular weight is 259 g/mol. The fourth-order valence-electron chi connectivity index (χ4n) is 2.79. The molecule has 2 aliphatic carbocycles. The first kappa shape index (κ1) is 12.9. The monoisotopic (exact) mass is 259 g/mol. The van der Waals surface area contributed by atoms with Crippen LogP contribution < -0.4 is 10.2 Å². The Kier molecular flexibility index (Phi) is 4.02. The molecule has 0 aromatic carbocycles. The van der Waals surface area contributed by atoms with Crippen molar-refractivity contribution in [2.45, 2.75) is 51.6 Å². The summed E-state index contributed by atoms with van der Waals surface area (Å²) in [5.41, 5.74) is 2.74. The molecule has 1 aromatic heterocycles. The Labute approximate surface area is 116 Å². The van der Waals surface area contributed by atoms with Crippen molar-refractivity contribution in [2.24, 2.45) is 5.92 Å². The van der Waals surface area contributed by atoms with Gasteiger partial charge in [0, 0.05) is 49.3 Å². The van der Waals surface area contributed by atoms with Crippen molar-refractivity contribution >= 4 is 5.69 Å². The fraction of sp³-hybridized carbons (Fsp3) is 0.688. The largest absolute Gasteiger partial charge is 0.371 e. The summed E-state index contributed by atoms with van der Waals surface area (Å²) in [5, 5.41) is 3.61. The summed E-state index contributed by atoms with van der Waals surface area (Å²) in [6.45, 7) is 5.54. The van der Waals surface area contributed by atoms with Gasteiger partial charge in [0.25, 0.3) is 0 Å². The number of aromatic nitrogens is 1. The summed E-state index contributed by atoms with van der Waals surface area (Å²) in [5.74, 6) is 0.914. The highest BCUT2D eigenvalue weighted by atomic mass is 15.1. The van der Waals surface area contributed by atoms with Crippen LogP contribution in [0.25, 0.3) is 0 Å². The predicted molar refractivity (Wildman–Crippen MR) is 79.3 cm³/mol. The van der Waals surface area contributed by atoms with Crippen molar-refractivity contribution in [3.63, 3.8) is 0 Å². The number of nitrogens with one attached hydrogen (secondary N) is 1. The molecule has 104 valence electrons. The zero-order valence-corrected chi connectivity index (χ0v) is 11.9. The Morgan fingerprint density at radius 1 is 1.32 bits per heavy atom. The molecule has 0 bridgehead atoms. The van der Waals surface area contributed by atoms with E-state index in [9.17, 15) is 0 Å². The fourth-order valence-corrected chi connectivity index (χ4v) is 2.79. The molecule has 3 rings (SSSR count). The number of pyridine rings is 1. The predicted octanol–water partition coefficient (Wildman–Crippen LogP) is 2.96. The molecular formula is C16H25N3. The van der Waals surface area contributed by atoms with E-state index in [0.29, 0.717) is 0 Å². The molecule has 2 saturated carbocycles. The highest BCUT2D eigenvalue weighted by Crippen LogP contribution is 2.30. The molecule has 0 unspecified atom stereocenters. The molecular weight excluding hydrogens is 234 g/mol. The summed E-state index contributed by atoms with van der Waals surface area (Å²) in [4.78, 5) is 6.84. The van der Waals surface area contributed by atoms with Crippen molar-refractivity contribution < 1.29 is 0 Å². The summed E-state index contributed by atoms with van der Waals surface area (Å²) in [6, 6.07) is 2.95. The Morgan fingerprint density at radius 2 is 2.16 bits per heavy atom. The van der Waals surface area contributed by atoms with Gasteiger partial charge in [-0.3, -0.25) is 4.98 Å². The molecule has 1 aromatic rings. The summed E-state index contributed by atoms with van der Waals surface area (Å²) >= 11 is 0. The molecule has 0 saturated heterocycles. The smallest absolute Gasteiger partial charge is 0.0442 e. The maximum atomic E-state index is 4.31. The van der Waals surface area contributed by atoms with E-state index in [1.807, 2.05) is 12.4 Å². The Bertz CT molecular complexity index is 410. The SMILES string of the molecule is CCN(CC1CCC1)c1ccncc1CNC1CC1. The highest BCUT2D eigenvalue weighted by Gasteiger charge is 2.23. The van der Waals surface area contributed by atoms with Gasteiger partial charge in [0.15, 0.2) is 0 Å². The molecule has 1 heterocycles. The van der Waals surface area contributed by atoms with Crippen LogP contribution in [0, 0.1) is 5.92 Å². The van der Waals surface area contributed by atoms with Gasteiger partial charge in [0.1, 0.15) is 0 Å². The van der Waals surface area contributed by atoms with Crippen LogP contribution in [-0.2, 0) is 6.54 Å². The zero-order chi connectivity index (χ0) is 13.1. The molecule has 3 heteroatoms. The quantitative estimate of drug-likeness (QED) is 0.816. The lowest BCUT2D eigenvalue weighted by atomic mass is 9.85. The third-order valence-corrected chi connectivity index (χ3v) is 4.46. The third-order valence-electron chi connectivity index (χ3n) is 4.46. The van der Waals surface area contributed by atoms with Gasteiger partial charge in [0.2, 0.25) is 0 Å². The van der Waals surface area contributed by atoms with Crippen molar-refractivity contribution in [2.75, 3.05) is 18.0 Å². The molecule has 0 amide bonds. The van der Waals surface area contributed by atoms with E-state index in [-0.39, 0.29) is 0 Å². The van der Waals surface area contributed by atoms with Crippen molar-refractivity contribution in [3.8, 4) is 0 Å². The number of rotatable bonds is 7. The van der Waals surface area contributed by atoms with Crippen molar-refractivity contribution in [3.05, 3.63) is 24.0 Å². The van der Waals surface area contributed by atoms with Crippen molar-refractivity contribution in [1.82, 2.24) is 10.3 Å². The number of hydrogen-bond donors (Lipinski definition) is 1. The third kappa shape index (κ3) is 3.27. The van der Waals surface area contributed by atoms with Gasteiger partial charge in [0.05, 0.1) is 0 Å². The zero-order valence-electron chi connectivity index (χ0n) is 11.9. The number of nitrogens with zero attached hydrogens (tertiary/aromatic N) is 2. The van der Waals surface area contributed by atoms with Crippen LogP contribution in [0.4, 0.5) is 5.69 Å². The van der Waals surface area contributed by atoms with Crippen LogP contribution in [0.3, 0.4) is 0 Å². The van der Waals surface area contributed by atoms with E-state index >= 15 is 0 Å². The van der Waals surface area contributed by atoms with Crippen LogP contribution in [-0.4, -0.2) is 24.1 Å². The normalized spacial score (nSPS) is 19.2. The lowest BCUT2D eigenvalue weighted by Crippen LogP contribution is -2.33. The molecule has 2 fully saturated rings. The summed E-state index contributed by atoms with van der Waals surface area (Å²) in [7, 11) is 0. The van der Waals surface area contributed by atoms with Crippen molar-refractivity contribution in [1.29, 1.82) is 0 Å². The van der Waals surface area contributed by atoms with Crippen LogP contribution in [0.5, 0.6) is 0 Å². The van der Waals surface area contributed by atoms with Crippen LogP contribution >= 0.6 is 0 Å². The Balaban J connectivity index is 1.68. The minimum Gasteiger partial charge on any atom is -0.371 e.